The van der Waals surface area contributed by atoms with Gasteiger partial charge in [-0.1, -0.05) is 45.9 Å². The van der Waals surface area contributed by atoms with Gasteiger partial charge in [-0.3, -0.25) is 24.2 Å². The summed E-state index contributed by atoms with van der Waals surface area (Å²) in [6, 6.07) is 7.49. The van der Waals surface area contributed by atoms with Crippen LogP contribution in [0.4, 0.5) is 13.6 Å². The topological polar surface area (TPSA) is 147 Å². The van der Waals surface area contributed by atoms with Crippen LogP contribution in [0.15, 0.2) is 54.9 Å². The molecule has 0 saturated carbocycles. The van der Waals surface area contributed by atoms with Crippen molar-refractivity contribution in [3.8, 4) is 5.75 Å². The first-order valence-corrected chi connectivity index (χ1v) is 14.1. The number of hydrogen-bond donors (Lipinski definition) is 3. The summed E-state index contributed by atoms with van der Waals surface area (Å²) in [5, 5.41) is 7.01. The fourth-order valence-electron chi connectivity index (χ4n) is 4.64. The van der Waals surface area contributed by atoms with Crippen molar-refractivity contribution >= 4 is 29.6 Å². The molecule has 0 aliphatic carbocycles. The number of para-hydroxylation sites is 1. The molecule has 13 heteroatoms. The summed E-state index contributed by atoms with van der Waals surface area (Å²) in [5.74, 6) is -8.49. The largest absolute Gasteiger partial charge is 0.413 e. The van der Waals surface area contributed by atoms with E-state index in [1.54, 1.807) is 44.2 Å². The van der Waals surface area contributed by atoms with Crippen molar-refractivity contribution in [3.05, 3.63) is 60.4 Å². The second kappa shape index (κ2) is 14.7. The van der Waals surface area contributed by atoms with Crippen LogP contribution in [0.1, 0.15) is 50.9 Å². The summed E-state index contributed by atoms with van der Waals surface area (Å²) in [6.45, 7) is 5.38. The highest BCUT2D eigenvalue weighted by Gasteiger charge is 2.46. The van der Waals surface area contributed by atoms with E-state index in [1.807, 2.05) is 5.32 Å². The smallest absolute Gasteiger partial charge is 0.410 e. The highest BCUT2D eigenvalue weighted by Crippen LogP contribution is 2.24. The predicted molar refractivity (Wildman–Crippen MR) is 152 cm³/mol. The first-order chi connectivity index (χ1) is 20.3. The number of nitrogens with one attached hydrogen (secondary N) is 3. The lowest BCUT2D eigenvalue weighted by Crippen LogP contribution is -2.59. The highest BCUT2D eigenvalue weighted by molar-refractivity contribution is 5.98. The number of nitrogens with zero attached hydrogens (tertiary/aromatic N) is 2. The number of carbonyl (C=O) groups excluding carboxylic acids is 5. The summed E-state index contributed by atoms with van der Waals surface area (Å²) in [4.78, 5) is 69.5. The zero-order valence-electron chi connectivity index (χ0n) is 24.5. The molecule has 3 N–H and O–H groups in total. The van der Waals surface area contributed by atoms with E-state index >= 15 is 0 Å². The van der Waals surface area contributed by atoms with Gasteiger partial charge in [0.15, 0.2) is 0 Å². The third-order valence-corrected chi connectivity index (χ3v) is 7.00. The van der Waals surface area contributed by atoms with Gasteiger partial charge in [0.2, 0.25) is 17.6 Å². The van der Waals surface area contributed by atoms with Gasteiger partial charge in [-0.15, -0.1) is 0 Å². The minimum atomic E-state index is -3.99. The number of likely N-dealkylation sites (tertiary alicyclic amines) is 1. The van der Waals surface area contributed by atoms with Crippen LogP contribution in [-0.2, 0) is 14.4 Å². The van der Waals surface area contributed by atoms with Crippen LogP contribution in [0, 0.1) is 11.8 Å². The minimum Gasteiger partial charge on any atom is -0.410 e. The third-order valence-electron chi connectivity index (χ3n) is 7.00. The molecular formula is C30H37F2N5O6. The summed E-state index contributed by atoms with van der Waals surface area (Å²) < 4.78 is 35.2. The molecule has 232 valence electrons. The van der Waals surface area contributed by atoms with E-state index in [-0.39, 0.29) is 30.2 Å². The molecule has 11 nitrogen and oxygen atoms in total. The number of alkyl halides is 2. The SMILES string of the molecule is CC(C)[C@H](NC(=O)Oc1ccccc1)C(=O)N1CCC[C@H]1C(=O)N[C@H](C(=O)C(F)(F)CNC(=O)c1cccnc1)C(C)C. The summed E-state index contributed by atoms with van der Waals surface area (Å²) in [7, 11) is 0. The first-order valence-electron chi connectivity index (χ1n) is 14.1. The Kier molecular flexibility index (Phi) is 11.3. The lowest BCUT2D eigenvalue weighted by Gasteiger charge is -2.32. The van der Waals surface area contributed by atoms with Crippen molar-refractivity contribution in [2.24, 2.45) is 11.8 Å². The number of carbonyl (C=O) groups is 5. The van der Waals surface area contributed by atoms with Crippen molar-refractivity contribution in [3.63, 3.8) is 0 Å². The van der Waals surface area contributed by atoms with E-state index in [4.69, 9.17) is 4.74 Å². The van der Waals surface area contributed by atoms with Crippen molar-refractivity contribution < 1.29 is 37.5 Å². The lowest BCUT2D eigenvalue weighted by molar-refractivity contribution is -0.148. The molecule has 3 atom stereocenters. The van der Waals surface area contributed by atoms with Crippen LogP contribution in [0.3, 0.4) is 0 Å². The number of Topliss-reactive ketones (excluding diaryl/α,β-unsaturated/α-hetero) is 1. The molecule has 1 fully saturated rings. The molecule has 3 rings (SSSR count). The van der Waals surface area contributed by atoms with Gasteiger partial charge < -0.3 is 25.6 Å². The fraction of sp³-hybridized carbons (Fsp3) is 0.467. The Labute approximate surface area is 248 Å². The quantitative estimate of drug-likeness (QED) is 0.339. The van der Waals surface area contributed by atoms with Crippen molar-refractivity contribution in [1.82, 2.24) is 25.8 Å². The zero-order valence-corrected chi connectivity index (χ0v) is 24.5. The molecule has 1 aliphatic heterocycles. The average Bonchev–Trinajstić information content (AvgIpc) is 3.48. The molecule has 43 heavy (non-hydrogen) atoms. The molecule has 2 aromatic rings. The number of ether oxygens (including phenoxy) is 1. The zero-order chi connectivity index (χ0) is 31.7. The van der Waals surface area contributed by atoms with Crippen LogP contribution in [-0.4, -0.2) is 76.6 Å². The van der Waals surface area contributed by atoms with E-state index in [0.717, 1.165) is 0 Å². The molecule has 4 amide bonds. The predicted octanol–water partition coefficient (Wildman–Crippen LogP) is 2.96. The van der Waals surface area contributed by atoms with Gasteiger partial charge in [0, 0.05) is 18.9 Å². The lowest BCUT2D eigenvalue weighted by atomic mass is 9.95. The Morgan fingerprint density at radius 2 is 1.65 bits per heavy atom. The monoisotopic (exact) mass is 601 g/mol. The van der Waals surface area contributed by atoms with Crippen LogP contribution >= 0.6 is 0 Å². The van der Waals surface area contributed by atoms with Crippen LogP contribution in [0.25, 0.3) is 0 Å². The van der Waals surface area contributed by atoms with Crippen LogP contribution in [0.5, 0.6) is 5.75 Å². The normalized spacial score (nSPS) is 16.4. The Morgan fingerprint density at radius 3 is 2.26 bits per heavy atom. The molecule has 2 heterocycles. The van der Waals surface area contributed by atoms with E-state index in [0.29, 0.717) is 6.42 Å². The van der Waals surface area contributed by atoms with Gasteiger partial charge in [0.05, 0.1) is 18.2 Å². The van der Waals surface area contributed by atoms with Crippen LogP contribution in [0.2, 0.25) is 0 Å². The van der Waals surface area contributed by atoms with E-state index in [2.05, 4.69) is 15.6 Å². The number of hydrogen-bond acceptors (Lipinski definition) is 7. The minimum absolute atomic E-state index is 0.0490. The highest BCUT2D eigenvalue weighted by atomic mass is 19.3. The number of halogens is 2. The maximum Gasteiger partial charge on any atom is 0.413 e. The molecule has 0 spiro atoms. The number of rotatable bonds is 12. The first kappa shape index (κ1) is 33.1. The van der Waals surface area contributed by atoms with Crippen molar-refractivity contribution in [1.29, 1.82) is 0 Å². The van der Waals surface area contributed by atoms with Crippen molar-refractivity contribution in [2.75, 3.05) is 13.1 Å². The summed E-state index contributed by atoms with van der Waals surface area (Å²) in [6.07, 6.45) is 2.48. The number of pyridine rings is 1. The van der Waals surface area contributed by atoms with Gasteiger partial charge in [-0.05, 0) is 48.9 Å². The number of aromatic nitrogens is 1. The molecule has 0 radical (unpaired) electrons. The second-order valence-corrected chi connectivity index (χ2v) is 11.0. The van der Waals surface area contributed by atoms with Gasteiger partial charge in [-0.2, -0.15) is 8.78 Å². The van der Waals surface area contributed by atoms with Gasteiger partial charge in [0.1, 0.15) is 17.8 Å². The number of amides is 4. The molecule has 0 unspecified atom stereocenters. The number of ketones is 1. The van der Waals surface area contributed by atoms with Gasteiger partial charge in [0.25, 0.3) is 5.91 Å². The van der Waals surface area contributed by atoms with Gasteiger partial charge in [-0.25, -0.2) is 4.79 Å². The Morgan fingerprint density at radius 1 is 0.977 bits per heavy atom. The molecule has 1 aromatic heterocycles. The summed E-state index contributed by atoms with van der Waals surface area (Å²) >= 11 is 0. The van der Waals surface area contributed by atoms with E-state index in [9.17, 15) is 32.8 Å². The Bertz CT molecular complexity index is 1290. The summed E-state index contributed by atoms with van der Waals surface area (Å²) in [5.41, 5.74) is 0.0490. The van der Waals surface area contributed by atoms with E-state index < -0.39 is 66.1 Å². The molecule has 1 saturated heterocycles. The molecule has 1 aliphatic rings. The molecular weight excluding hydrogens is 564 g/mol. The standard InChI is InChI=1S/C30H37F2N5O6/c1-18(2)23(25(38)30(31,32)17-34-26(39)20-10-8-14-33-16-20)35-27(40)22-13-9-15-37(22)28(41)24(19(3)4)36-29(42)43-21-11-6-5-7-12-21/h5-8,10-12,14,16,18-19,22-24H,9,13,15,17H2,1-4H3,(H,34,39)(H,35,40)(H,36,42)/t22-,23-,24-/m0/s1. The second-order valence-electron chi connectivity index (χ2n) is 11.0. The number of benzene rings is 1. The third kappa shape index (κ3) is 8.79. The maximum atomic E-state index is 15.0. The van der Waals surface area contributed by atoms with Crippen LogP contribution < -0.4 is 20.7 Å². The average molecular weight is 602 g/mol. The molecule has 1 aromatic carbocycles. The molecule has 0 bridgehead atoms. The Balaban J connectivity index is 1.66. The van der Waals surface area contributed by atoms with Crippen molar-refractivity contribution in [2.45, 2.75) is 64.6 Å². The maximum absolute atomic E-state index is 15.0. The Hall–Kier alpha value is -4.42. The van der Waals surface area contributed by atoms with E-state index in [1.165, 1.54) is 43.3 Å². The van der Waals surface area contributed by atoms with Gasteiger partial charge >= 0.3 is 12.0 Å². The fourth-order valence-corrected chi connectivity index (χ4v) is 4.64.